The van der Waals surface area contributed by atoms with Gasteiger partial charge in [0.05, 0.1) is 22.0 Å². The second-order valence-corrected chi connectivity index (χ2v) is 8.20. The number of hydrogen-bond donors (Lipinski definition) is 2. The largest absolute Gasteiger partial charge is 0.351 e. The number of imidazole rings is 1. The van der Waals surface area contributed by atoms with Gasteiger partial charge in [0, 0.05) is 13.1 Å². The average molecular weight is 383 g/mol. The Hall–Kier alpha value is -2.31. The van der Waals surface area contributed by atoms with Gasteiger partial charge in [-0.25, -0.2) is 4.98 Å². The van der Waals surface area contributed by atoms with E-state index < -0.39 is 0 Å². The second kappa shape index (κ2) is 9.06. The van der Waals surface area contributed by atoms with Crippen LogP contribution >= 0.6 is 11.8 Å². The van der Waals surface area contributed by atoms with Gasteiger partial charge in [0.15, 0.2) is 0 Å². The maximum atomic E-state index is 12.3. The molecule has 0 unspecified atom stereocenters. The fourth-order valence-corrected chi connectivity index (χ4v) is 3.69. The number of carbonyl (C=O) groups is 1. The summed E-state index contributed by atoms with van der Waals surface area (Å²) in [5.74, 6) is 1.36. The van der Waals surface area contributed by atoms with Crippen molar-refractivity contribution in [3.63, 3.8) is 0 Å². The zero-order chi connectivity index (χ0) is 19.2. The molecule has 0 spiro atoms. The van der Waals surface area contributed by atoms with Gasteiger partial charge in [0.2, 0.25) is 5.91 Å². The van der Waals surface area contributed by atoms with E-state index in [1.165, 1.54) is 5.56 Å². The average Bonchev–Trinajstić information content (AvgIpc) is 3.09. The van der Waals surface area contributed by atoms with E-state index in [0.29, 0.717) is 12.3 Å². The normalized spacial score (nSPS) is 12.4. The molecule has 142 valence electrons. The predicted octanol–water partition coefficient (Wildman–Crippen LogP) is 3.74. The van der Waals surface area contributed by atoms with Gasteiger partial charge in [-0.1, -0.05) is 36.4 Å². The van der Waals surface area contributed by atoms with E-state index in [1.807, 2.05) is 50.5 Å². The first-order chi connectivity index (χ1) is 13.0. The molecule has 0 radical (unpaired) electrons. The van der Waals surface area contributed by atoms with Crippen molar-refractivity contribution >= 4 is 28.7 Å². The van der Waals surface area contributed by atoms with Crippen molar-refractivity contribution in [1.82, 2.24) is 20.2 Å². The number of H-pyrrole nitrogens is 1. The van der Waals surface area contributed by atoms with Crippen molar-refractivity contribution in [1.29, 1.82) is 0 Å². The number of thioether (sulfide) groups is 1. The predicted molar refractivity (Wildman–Crippen MR) is 113 cm³/mol. The molecule has 3 rings (SSSR count). The first-order valence-corrected chi connectivity index (χ1v) is 10.1. The Kier molecular flexibility index (Phi) is 6.53. The van der Waals surface area contributed by atoms with Crippen LogP contribution in [0.25, 0.3) is 11.0 Å². The molecule has 3 aromatic rings. The molecular weight excluding hydrogens is 356 g/mol. The van der Waals surface area contributed by atoms with Crippen LogP contribution in [0.3, 0.4) is 0 Å². The van der Waals surface area contributed by atoms with Crippen molar-refractivity contribution in [2.24, 2.45) is 0 Å². The van der Waals surface area contributed by atoms with Crippen LogP contribution < -0.4 is 5.32 Å². The molecule has 0 aliphatic carbocycles. The van der Waals surface area contributed by atoms with Gasteiger partial charge in [-0.05, 0) is 44.3 Å². The minimum atomic E-state index is 0.0441. The highest BCUT2D eigenvalue weighted by molar-refractivity contribution is 8.00. The van der Waals surface area contributed by atoms with E-state index in [4.69, 9.17) is 0 Å². The quantitative estimate of drug-likeness (QED) is 0.623. The third-order valence-electron chi connectivity index (χ3n) is 4.34. The number of amides is 1. The van der Waals surface area contributed by atoms with E-state index in [-0.39, 0.29) is 11.2 Å². The van der Waals surface area contributed by atoms with Crippen molar-refractivity contribution in [3.05, 3.63) is 65.5 Å². The van der Waals surface area contributed by atoms with E-state index in [2.05, 4.69) is 39.2 Å². The van der Waals surface area contributed by atoms with Crippen LogP contribution in [0.1, 0.15) is 29.1 Å². The molecule has 27 heavy (non-hydrogen) atoms. The molecule has 2 aromatic carbocycles. The third-order valence-corrected chi connectivity index (χ3v) is 5.49. The molecule has 0 saturated heterocycles. The summed E-state index contributed by atoms with van der Waals surface area (Å²) in [6.07, 6.45) is 0. The lowest BCUT2D eigenvalue weighted by Gasteiger charge is -2.15. The fraction of sp³-hybridized carbons (Fsp3) is 0.333. The number of rotatable bonds is 8. The van der Waals surface area contributed by atoms with Gasteiger partial charge in [-0.3, -0.25) is 4.79 Å². The second-order valence-electron chi connectivity index (χ2n) is 6.88. The SMILES string of the molecule is C[C@H](SCC(=O)NCc1ccccc1CN(C)C)c1nc2ccccc2[nH]1. The maximum Gasteiger partial charge on any atom is 0.230 e. The molecule has 0 saturated carbocycles. The summed E-state index contributed by atoms with van der Waals surface area (Å²) in [6.45, 7) is 3.49. The van der Waals surface area contributed by atoms with Gasteiger partial charge < -0.3 is 15.2 Å². The Labute approximate surface area is 164 Å². The Bertz CT molecular complexity index is 873. The van der Waals surface area contributed by atoms with Gasteiger partial charge >= 0.3 is 0 Å². The lowest BCUT2D eigenvalue weighted by atomic mass is 10.1. The van der Waals surface area contributed by atoms with Crippen molar-refractivity contribution in [3.8, 4) is 0 Å². The summed E-state index contributed by atoms with van der Waals surface area (Å²) < 4.78 is 0. The Morgan fingerprint density at radius 1 is 1.15 bits per heavy atom. The molecule has 2 N–H and O–H groups in total. The number of aromatic nitrogens is 2. The topological polar surface area (TPSA) is 61.0 Å². The Morgan fingerprint density at radius 2 is 1.85 bits per heavy atom. The van der Waals surface area contributed by atoms with Crippen LogP contribution in [0.15, 0.2) is 48.5 Å². The van der Waals surface area contributed by atoms with Crippen LogP contribution in [-0.2, 0) is 17.9 Å². The third kappa shape index (κ3) is 5.34. The molecule has 5 nitrogen and oxygen atoms in total. The fourth-order valence-electron chi connectivity index (χ4n) is 2.91. The molecule has 0 fully saturated rings. The van der Waals surface area contributed by atoms with Gasteiger partial charge in [-0.15, -0.1) is 11.8 Å². The molecule has 0 aliphatic heterocycles. The minimum Gasteiger partial charge on any atom is -0.351 e. The lowest BCUT2D eigenvalue weighted by molar-refractivity contribution is -0.118. The van der Waals surface area contributed by atoms with Gasteiger partial charge in [-0.2, -0.15) is 0 Å². The maximum absolute atomic E-state index is 12.3. The minimum absolute atomic E-state index is 0.0441. The lowest BCUT2D eigenvalue weighted by Crippen LogP contribution is -2.26. The molecule has 1 aromatic heterocycles. The van der Waals surface area contributed by atoms with Gasteiger partial charge in [0.25, 0.3) is 0 Å². The zero-order valence-corrected chi connectivity index (χ0v) is 16.8. The summed E-state index contributed by atoms with van der Waals surface area (Å²) in [6, 6.07) is 16.2. The summed E-state index contributed by atoms with van der Waals surface area (Å²) in [7, 11) is 4.09. The monoisotopic (exact) mass is 382 g/mol. The Balaban J connectivity index is 1.51. The first kappa shape index (κ1) is 19.5. The molecule has 1 amide bonds. The Morgan fingerprint density at radius 3 is 2.59 bits per heavy atom. The highest BCUT2D eigenvalue weighted by Gasteiger charge is 2.13. The smallest absolute Gasteiger partial charge is 0.230 e. The van der Waals surface area contributed by atoms with Crippen LogP contribution in [0.4, 0.5) is 0 Å². The van der Waals surface area contributed by atoms with E-state index >= 15 is 0 Å². The molecular formula is C21H26N4OS. The number of nitrogens with zero attached hydrogens (tertiary/aromatic N) is 2. The number of carbonyl (C=O) groups excluding carboxylic acids is 1. The van der Waals surface area contributed by atoms with E-state index in [1.54, 1.807) is 11.8 Å². The number of aromatic amines is 1. The highest BCUT2D eigenvalue weighted by Crippen LogP contribution is 2.27. The molecule has 1 atom stereocenters. The van der Waals surface area contributed by atoms with Crippen LogP contribution in [-0.4, -0.2) is 40.6 Å². The summed E-state index contributed by atoms with van der Waals surface area (Å²) in [5, 5.41) is 3.17. The number of hydrogen-bond acceptors (Lipinski definition) is 4. The summed E-state index contributed by atoms with van der Waals surface area (Å²) in [5.41, 5.74) is 4.39. The number of nitrogens with one attached hydrogen (secondary N) is 2. The van der Waals surface area contributed by atoms with E-state index in [0.717, 1.165) is 29.0 Å². The summed E-state index contributed by atoms with van der Waals surface area (Å²) >= 11 is 1.59. The summed E-state index contributed by atoms with van der Waals surface area (Å²) in [4.78, 5) is 22.4. The highest BCUT2D eigenvalue weighted by atomic mass is 32.2. The number of fused-ring (bicyclic) bond motifs is 1. The molecule has 0 aliphatic rings. The van der Waals surface area contributed by atoms with Crippen LogP contribution in [0.5, 0.6) is 0 Å². The number of para-hydroxylation sites is 2. The first-order valence-electron chi connectivity index (χ1n) is 9.07. The molecule has 0 bridgehead atoms. The number of benzene rings is 2. The van der Waals surface area contributed by atoms with Crippen LogP contribution in [0.2, 0.25) is 0 Å². The zero-order valence-electron chi connectivity index (χ0n) is 16.0. The van der Waals surface area contributed by atoms with Gasteiger partial charge in [0.1, 0.15) is 5.82 Å². The molecule has 6 heteroatoms. The van der Waals surface area contributed by atoms with E-state index in [9.17, 15) is 4.79 Å². The van der Waals surface area contributed by atoms with Crippen LogP contribution in [0, 0.1) is 0 Å². The van der Waals surface area contributed by atoms with Crippen molar-refractivity contribution < 1.29 is 4.79 Å². The van der Waals surface area contributed by atoms with Crippen molar-refractivity contribution in [2.75, 3.05) is 19.8 Å². The standard InChI is InChI=1S/C21H26N4OS/c1-15(21-23-18-10-6-7-11-19(18)24-21)27-14-20(26)22-12-16-8-4-5-9-17(16)13-25(2)3/h4-11,15H,12-14H2,1-3H3,(H,22,26)(H,23,24)/t15-/m0/s1. The van der Waals surface area contributed by atoms with Crippen molar-refractivity contribution in [2.45, 2.75) is 25.3 Å². The molecule has 1 heterocycles.